The van der Waals surface area contributed by atoms with Gasteiger partial charge in [0.25, 0.3) is 5.91 Å². The van der Waals surface area contributed by atoms with E-state index in [4.69, 9.17) is 0 Å². The van der Waals surface area contributed by atoms with Gasteiger partial charge < -0.3 is 20.4 Å². The Balaban J connectivity index is 1.88. The zero-order valence-corrected chi connectivity index (χ0v) is 10.7. The van der Waals surface area contributed by atoms with Crippen molar-refractivity contribution in [2.24, 2.45) is 0 Å². The lowest BCUT2D eigenvalue weighted by Crippen LogP contribution is -2.32. The number of likely N-dealkylation sites (tertiary alicyclic amines) is 1. The zero-order valence-electron chi connectivity index (χ0n) is 10.7. The number of benzene rings is 1. The van der Waals surface area contributed by atoms with Crippen LogP contribution in [0.25, 0.3) is 0 Å². The van der Waals surface area contributed by atoms with E-state index >= 15 is 0 Å². The normalized spacial score (nSPS) is 26.3. The Morgan fingerprint density at radius 1 is 1.26 bits per heavy atom. The van der Waals surface area contributed by atoms with E-state index in [1.165, 1.54) is 4.90 Å². The topological polar surface area (TPSA) is 72.8 Å². The van der Waals surface area contributed by atoms with Crippen LogP contribution in [-0.2, 0) is 13.0 Å². The molecule has 1 amide bonds. The second-order valence-corrected chi connectivity index (χ2v) is 5.21. The van der Waals surface area contributed by atoms with E-state index in [0.717, 1.165) is 30.6 Å². The van der Waals surface area contributed by atoms with Gasteiger partial charge in [0.15, 0.2) is 0 Å². The molecule has 19 heavy (non-hydrogen) atoms. The minimum atomic E-state index is -0.829. The van der Waals surface area contributed by atoms with Gasteiger partial charge in [0, 0.05) is 25.2 Å². The van der Waals surface area contributed by atoms with Gasteiger partial charge in [-0.2, -0.15) is 0 Å². The van der Waals surface area contributed by atoms with E-state index in [1.807, 2.05) is 18.2 Å². The maximum Gasteiger partial charge on any atom is 0.254 e. The van der Waals surface area contributed by atoms with Crippen molar-refractivity contribution < 1.29 is 15.0 Å². The summed E-state index contributed by atoms with van der Waals surface area (Å²) in [5.41, 5.74) is 2.97. The highest BCUT2D eigenvalue weighted by Crippen LogP contribution is 2.22. The van der Waals surface area contributed by atoms with Crippen LogP contribution in [0, 0.1) is 0 Å². The van der Waals surface area contributed by atoms with Crippen molar-refractivity contribution in [3.05, 3.63) is 34.9 Å². The highest BCUT2D eigenvalue weighted by molar-refractivity contribution is 5.96. The molecule has 0 radical (unpaired) electrons. The first-order valence-corrected chi connectivity index (χ1v) is 6.63. The smallest absolute Gasteiger partial charge is 0.254 e. The van der Waals surface area contributed by atoms with Crippen LogP contribution in [-0.4, -0.2) is 52.9 Å². The Labute approximate surface area is 111 Å². The van der Waals surface area contributed by atoms with Crippen molar-refractivity contribution in [2.75, 3.05) is 19.6 Å². The van der Waals surface area contributed by atoms with Crippen LogP contribution in [0.5, 0.6) is 0 Å². The van der Waals surface area contributed by atoms with Gasteiger partial charge in [0.1, 0.15) is 0 Å². The average molecular weight is 262 g/mol. The number of carbonyl (C=O) groups is 1. The molecule has 1 saturated heterocycles. The van der Waals surface area contributed by atoms with E-state index < -0.39 is 12.2 Å². The number of nitrogens with zero attached hydrogens (tertiary/aromatic N) is 1. The lowest BCUT2D eigenvalue weighted by atomic mass is 9.95. The van der Waals surface area contributed by atoms with Gasteiger partial charge in [-0.1, -0.05) is 12.1 Å². The van der Waals surface area contributed by atoms with Crippen LogP contribution in [0.15, 0.2) is 18.2 Å². The van der Waals surface area contributed by atoms with Crippen LogP contribution in [0.1, 0.15) is 21.5 Å². The predicted octanol–water partition coefficient (Wildman–Crippen LogP) is -0.490. The molecular formula is C14H18N2O3. The molecule has 102 valence electrons. The summed E-state index contributed by atoms with van der Waals surface area (Å²) in [6, 6.07) is 5.76. The number of aliphatic hydroxyl groups excluding tert-OH is 2. The third-order valence-electron chi connectivity index (χ3n) is 3.92. The standard InChI is InChI=1S/C14H18N2O3/c17-12-7-16(8-13(12)18)14(19)11-3-1-2-9-6-15-5-4-10(9)11/h1-3,12-13,15,17-18H,4-8H2. The van der Waals surface area contributed by atoms with Crippen molar-refractivity contribution in [3.63, 3.8) is 0 Å². The Kier molecular flexibility index (Phi) is 3.26. The Morgan fingerprint density at radius 3 is 2.74 bits per heavy atom. The molecule has 2 aliphatic heterocycles. The Bertz CT molecular complexity index is 493. The van der Waals surface area contributed by atoms with Gasteiger partial charge in [-0.3, -0.25) is 4.79 Å². The van der Waals surface area contributed by atoms with E-state index in [2.05, 4.69) is 5.32 Å². The largest absolute Gasteiger partial charge is 0.388 e. The summed E-state index contributed by atoms with van der Waals surface area (Å²) < 4.78 is 0. The SMILES string of the molecule is O=C(c1cccc2c1CCNC2)N1CC(O)C(O)C1. The van der Waals surface area contributed by atoms with E-state index in [-0.39, 0.29) is 19.0 Å². The molecule has 1 fully saturated rings. The number of hydrogen-bond acceptors (Lipinski definition) is 4. The number of β-amino-alcohol motifs (C(OH)–C–C–N with tert-alkyl or cyclic N) is 2. The van der Waals surface area contributed by atoms with E-state index in [0.29, 0.717) is 5.56 Å². The fourth-order valence-electron chi connectivity index (χ4n) is 2.84. The molecule has 3 rings (SSSR count). The highest BCUT2D eigenvalue weighted by atomic mass is 16.3. The lowest BCUT2D eigenvalue weighted by Gasteiger charge is -2.22. The van der Waals surface area contributed by atoms with Crippen molar-refractivity contribution in [1.29, 1.82) is 0 Å². The van der Waals surface area contributed by atoms with Gasteiger partial charge >= 0.3 is 0 Å². The van der Waals surface area contributed by atoms with E-state index in [9.17, 15) is 15.0 Å². The minimum absolute atomic E-state index is 0.0886. The summed E-state index contributed by atoms with van der Waals surface area (Å²) in [5.74, 6) is -0.0886. The number of aliphatic hydroxyl groups is 2. The van der Waals surface area contributed by atoms with Crippen LogP contribution >= 0.6 is 0 Å². The molecular weight excluding hydrogens is 244 g/mol. The number of amides is 1. The maximum atomic E-state index is 12.5. The van der Waals surface area contributed by atoms with Crippen LogP contribution < -0.4 is 5.32 Å². The van der Waals surface area contributed by atoms with Gasteiger partial charge in [0.05, 0.1) is 12.2 Å². The van der Waals surface area contributed by atoms with E-state index in [1.54, 1.807) is 0 Å². The van der Waals surface area contributed by atoms with Crippen molar-refractivity contribution >= 4 is 5.91 Å². The van der Waals surface area contributed by atoms with Gasteiger partial charge in [-0.05, 0) is 30.2 Å². The quantitative estimate of drug-likeness (QED) is 0.638. The van der Waals surface area contributed by atoms with Gasteiger partial charge in [-0.15, -0.1) is 0 Å². The molecule has 2 heterocycles. The van der Waals surface area contributed by atoms with Gasteiger partial charge in [0.2, 0.25) is 0 Å². The summed E-state index contributed by atoms with van der Waals surface area (Å²) in [5, 5.41) is 22.4. The third kappa shape index (κ3) is 2.25. The van der Waals surface area contributed by atoms with Crippen molar-refractivity contribution in [1.82, 2.24) is 10.2 Å². The first-order valence-electron chi connectivity index (χ1n) is 6.63. The molecule has 3 N–H and O–H groups in total. The molecule has 2 unspecified atom stereocenters. The van der Waals surface area contributed by atoms with Crippen molar-refractivity contribution in [2.45, 2.75) is 25.2 Å². The van der Waals surface area contributed by atoms with Gasteiger partial charge in [-0.25, -0.2) is 0 Å². The third-order valence-corrected chi connectivity index (χ3v) is 3.92. The summed E-state index contributed by atoms with van der Waals surface area (Å²) in [6.45, 7) is 2.09. The molecule has 2 aliphatic rings. The molecule has 1 aromatic rings. The molecule has 0 bridgehead atoms. The Hall–Kier alpha value is -1.43. The number of nitrogens with one attached hydrogen (secondary N) is 1. The molecule has 5 heteroatoms. The summed E-state index contributed by atoms with van der Waals surface area (Å²) in [4.78, 5) is 14.0. The molecule has 0 spiro atoms. The van der Waals surface area contributed by atoms with Crippen LogP contribution in [0.2, 0.25) is 0 Å². The first-order chi connectivity index (χ1) is 9.16. The predicted molar refractivity (Wildman–Crippen MR) is 69.8 cm³/mol. The first kappa shape index (κ1) is 12.6. The number of rotatable bonds is 1. The van der Waals surface area contributed by atoms with Crippen LogP contribution in [0.4, 0.5) is 0 Å². The fraction of sp³-hybridized carbons (Fsp3) is 0.500. The average Bonchev–Trinajstić information content (AvgIpc) is 2.77. The summed E-state index contributed by atoms with van der Waals surface area (Å²) in [6.07, 6.45) is -0.814. The monoisotopic (exact) mass is 262 g/mol. The molecule has 5 nitrogen and oxygen atoms in total. The summed E-state index contributed by atoms with van der Waals surface area (Å²) >= 11 is 0. The minimum Gasteiger partial charge on any atom is -0.388 e. The van der Waals surface area contributed by atoms with Crippen LogP contribution in [0.3, 0.4) is 0 Å². The number of fused-ring (bicyclic) bond motifs is 1. The maximum absolute atomic E-state index is 12.5. The molecule has 0 aromatic heterocycles. The van der Waals surface area contributed by atoms with Crippen molar-refractivity contribution in [3.8, 4) is 0 Å². The summed E-state index contributed by atoms with van der Waals surface area (Å²) in [7, 11) is 0. The second kappa shape index (κ2) is 4.92. The second-order valence-electron chi connectivity index (χ2n) is 5.21. The lowest BCUT2D eigenvalue weighted by molar-refractivity contribution is 0.0572. The number of carbonyl (C=O) groups excluding carboxylic acids is 1. The highest BCUT2D eigenvalue weighted by Gasteiger charge is 2.33. The molecule has 0 aliphatic carbocycles. The number of hydrogen-bond donors (Lipinski definition) is 3. The fourth-order valence-corrected chi connectivity index (χ4v) is 2.84. The molecule has 1 aromatic carbocycles. The molecule has 0 saturated carbocycles. The Morgan fingerprint density at radius 2 is 2.00 bits per heavy atom. The zero-order chi connectivity index (χ0) is 13.4. The molecule has 2 atom stereocenters.